The second kappa shape index (κ2) is 12.9. The van der Waals surface area contributed by atoms with Crippen LogP contribution in [0.5, 0.6) is 11.5 Å². The zero-order valence-corrected chi connectivity index (χ0v) is 19.5. The Kier molecular flexibility index (Phi) is 9.40. The number of aliphatic imine (C=N–C) groups is 2. The Hall–Kier alpha value is -3.93. The van der Waals surface area contributed by atoms with Gasteiger partial charge < -0.3 is 15.1 Å². The number of carbonyl (C=O) groups is 1. The maximum absolute atomic E-state index is 13.1. The van der Waals surface area contributed by atoms with Crippen LogP contribution in [0.25, 0.3) is 0 Å². The van der Waals surface area contributed by atoms with Crippen molar-refractivity contribution in [2.45, 2.75) is 19.8 Å². The van der Waals surface area contributed by atoms with Gasteiger partial charge in [0.2, 0.25) is 0 Å². The van der Waals surface area contributed by atoms with E-state index in [9.17, 15) is 15.0 Å². The highest BCUT2D eigenvalue weighted by atomic mass is 16.3. The van der Waals surface area contributed by atoms with Crippen molar-refractivity contribution in [3.05, 3.63) is 95.1 Å². The molecule has 3 aromatic carbocycles. The van der Waals surface area contributed by atoms with Gasteiger partial charge in [-0.2, -0.15) is 0 Å². The molecule has 3 aromatic rings. The summed E-state index contributed by atoms with van der Waals surface area (Å²) >= 11 is 0. The molecule has 0 aliphatic carbocycles. The molecular weight excluding hydrogens is 426 g/mol. The molecule has 0 fully saturated rings. The quantitative estimate of drug-likeness (QED) is 0.318. The summed E-state index contributed by atoms with van der Waals surface area (Å²) in [6, 6.07) is 21.7. The minimum absolute atomic E-state index is 0.00522. The van der Waals surface area contributed by atoms with Gasteiger partial charge in [0.1, 0.15) is 11.5 Å². The molecule has 0 aliphatic heterocycles. The highest BCUT2D eigenvalue weighted by Crippen LogP contribution is 2.14. The predicted octanol–water partition coefficient (Wildman–Crippen LogP) is 4.87. The van der Waals surface area contributed by atoms with Crippen molar-refractivity contribution in [1.82, 2.24) is 4.90 Å². The van der Waals surface area contributed by atoms with E-state index >= 15 is 0 Å². The first-order chi connectivity index (χ1) is 16.5. The van der Waals surface area contributed by atoms with E-state index in [2.05, 4.69) is 9.98 Å². The summed E-state index contributed by atoms with van der Waals surface area (Å²) in [6.07, 6.45) is 4.75. The molecule has 1 amide bonds. The first-order valence-corrected chi connectivity index (χ1v) is 11.5. The molecular formula is C28H31N3O3. The molecule has 6 heteroatoms. The van der Waals surface area contributed by atoms with E-state index in [1.807, 2.05) is 60.4 Å². The maximum atomic E-state index is 13.1. The number of nitrogens with zero attached hydrogens (tertiary/aromatic N) is 3. The van der Waals surface area contributed by atoms with Crippen LogP contribution < -0.4 is 0 Å². The molecule has 0 aliphatic rings. The summed E-state index contributed by atoms with van der Waals surface area (Å²) in [7, 11) is 0. The molecule has 0 radical (unpaired) electrons. The molecule has 0 heterocycles. The lowest BCUT2D eigenvalue weighted by atomic mass is 10.1. The summed E-state index contributed by atoms with van der Waals surface area (Å²) in [5, 5.41) is 19.7. The molecule has 6 nitrogen and oxygen atoms in total. The van der Waals surface area contributed by atoms with Gasteiger partial charge in [-0.15, -0.1) is 0 Å². The normalized spacial score (nSPS) is 11.3. The van der Waals surface area contributed by atoms with Crippen molar-refractivity contribution >= 4 is 18.3 Å². The maximum Gasteiger partial charge on any atom is 0.253 e. The van der Waals surface area contributed by atoms with Gasteiger partial charge >= 0.3 is 0 Å². The third-order valence-electron chi connectivity index (χ3n) is 5.35. The Morgan fingerprint density at radius 2 is 1.24 bits per heavy atom. The number of carbonyl (C=O) groups excluding carboxylic acids is 1. The SMILES string of the molecule is Cc1ccc(C(=O)N(CCCN=Cc2ccccc2O)CCCN=Cc2ccccc2O)cc1. The van der Waals surface area contributed by atoms with E-state index in [4.69, 9.17) is 0 Å². The lowest BCUT2D eigenvalue weighted by molar-refractivity contribution is 0.0754. The minimum atomic E-state index is -0.00522. The third-order valence-corrected chi connectivity index (χ3v) is 5.35. The average Bonchev–Trinajstić information content (AvgIpc) is 2.84. The van der Waals surface area contributed by atoms with Gasteiger partial charge in [-0.3, -0.25) is 14.8 Å². The van der Waals surface area contributed by atoms with E-state index < -0.39 is 0 Å². The third kappa shape index (κ3) is 7.59. The first-order valence-electron chi connectivity index (χ1n) is 11.5. The summed E-state index contributed by atoms with van der Waals surface area (Å²) < 4.78 is 0. The molecule has 176 valence electrons. The van der Waals surface area contributed by atoms with Crippen LogP contribution in [0.2, 0.25) is 0 Å². The predicted molar refractivity (Wildman–Crippen MR) is 137 cm³/mol. The van der Waals surface area contributed by atoms with Crippen molar-refractivity contribution in [1.29, 1.82) is 0 Å². The van der Waals surface area contributed by atoms with E-state index in [1.54, 1.807) is 36.7 Å². The van der Waals surface area contributed by atoms with E-state index in [-0.39, 0.29) is 17.4 Å². The van der Waals surface area contributed by atoms with Gasteiger partial charge in [0.15, 0.2) is 0 Å². The summed E-state index contributed by atoms with van der Waals surface area (Å²) in [4.78, 5) is 23.7. The lowest BCUT2D eigenvalue weighted by Gasteiger charge is -2.22. The van der Waals surface area contributed by atoms with Crippen molar-refractivity contribution < 1.29 is 15.0 Å². The van der Waals surface area contributed by atoms with Crippen LogP contribution in [0, 0.1) is 6.92 Å². The van der Waals surface area contributed by atoms with Crippen LogP contribution in [0.3, 0.4) is 0 Å². The number of rotatable bonds is 11. The fraction of sp³-hybridized carbons (Fsp3) is 0.250. The molecule has 0 atom stereocenters. The summed E-state index contributed by atoms with van der Waals surface area (Å²) in [5.41, 5.74) is 3.14. The van der Waals surface area contributed by atoms with Gasteiger partial charge in [-0.25, -0.2) is 0 Å². The molecule has 34 heavy (non-hydrogen) atoms. The Morgan fingerprint density at radius 1 is 0.765 bits per heavy atom. The number of hydrogen-bond donors (Lipinski definition) is 2. The van der Waals surface area contributed by atoms with Gasteiger partial charge in [-0.1, -0.05) is 42.0 Å². The number of amides is 1. The number of phenolic OH excluding ortho intramolecular Hbond substituents is 2. The fourth-order valence-corrected chi connectivity index (χ4v) is 3.42. The summed E-state index contributed by atoms with van der Waals surface area (Å²) in [5.74, 6) is 0.396. The van der Waals surface area contributed by atoms with E-state index in [0.29, 0.717) is 55.7 Å². The number of aromatic hydroxyl groups is 2. The highest BCUT2D eigenvalue weighted by Gasteiger charge is 2.15. The molecule has 0 bridgehead atoms. The van der Waals surface area contributed by atoms with Crippen LogP contribution in [0.15, 0.2) is 82.8 Å². The Balaban J connectivity index is 1.55. The van der Waals surface area contributed by atoms with Crippen LogP contribution >= 0.6 is 0 Å². The second-order valence-corrected chi connectivity index (χ2v) is 8.05. The van der Waals surface area contributed by atoms with Crippen LogP contribution in [-0.2, 0) is 0 Å². The number of phenols is 2. The lowest BCUT2D eigenvalue weighted by Crippen LogP contribution is -2.33. The smallest absolute Gasteiger partial charge is 0.253 e. The monoisotopic (exact) mass is 457 g/mol. The average molecular weight is 458 g/mol. The Morgan fingerprint density at radius 3 is 1.71 bits per heavy atom. The largest absolute Gasteiger partial charge is 0.507 e. The zero-order valence-electron chi connectivity index (χ0n) is 19.5. The molecule has 0 aromatic heterocycles. The van der Waals surface area contributed by atoms with Crippen molar-refractivity contribution in [3.8, 4) is 11.5 Å². The number of aryl methyl sites for hydroxylation is 1. The Bertz CT molecular complexity index is 1060. The van der Waals surface area contributed by atoms with Crippen LogP contribution in [0.1, 0.15) is 39.9 Å². The van der Waals surface area contributed by atoms with Crippen molar-refractivity contribution in [2.75, 3.05) is 26.2 Å². The van der Waals surface area contributed by atoms with Gasteiger partial charge in [0.25, 0.3) is 5.91 Å². The van der Waals surface area contributed by atoms with Crippen molar-refractivity contribution in [2.24, 2.45) is 9.98 Å². The highest BCUT2D eigenvalue weighted by molar-refractivity contribution is 5.94. The number of benzene rings is 3. The number of para-hydroxylation sites is 2. The zero-order chi connectivity index (χ0) is 24.2. The summed E-state index contributed by atoms with van der Waals surface area (Å²) in [6.45, 7) is 4.26. The standard InChI is InChI=1S/C28H31N3O3/c1-22-12-14-23(15-13-22)28(34)31(18-6-16-29-20-24-8-2-4-10-26(24)32)19-7-17-30-21-25-9-3-5-11-27(25)33/h2-5,8-15,20-21,32-33H,6-7,16-19H2,1H3. The molecule has 2 N–H and O–H groups in total. The number of hydrogen-bond acceptors (Lipinski definition) is 5. The van der Waals surface area contributed by atoms with Gasteiger partial charge in [0.05, 0.1) is 0 Å². The molecule has 0 spiro atoms. The minimum Gasteiger partial charge on any atom is -0.507 e. The fourth-order valence-electron chi connectivity index (χ4n) is 3.42. The molecule has 0 saturated carbocycles. The van der Waals surface area contributed by atoms with E-state index in [1.165, 1.54) is 0 Å². The van der Waals surface area contributed by atoms with Crippen LogP contribution in [0.4, 0.5) is 0 Å². The molecule has 0 saturated heterocycles. The second-order valence-electron chi connectivity index (χ2n) is 8.05. The van der Waals surface area contributed by atoms with Gasteiger partial charge in [-0.05, 0) is 56.2 Å². The Labute approximate surface area is 200 Å². The topological polar surface area (TPSA) is 85.5 Å². The van der Waals surface area contributed by atoms with E-state index in [0.717, 1.165) is 5.56 Å². The van der Waals surface area contributed by atoms with Crippen molar-refractivity contribution in [3.63, 3.8) is 0 Å². The van der Waals surface area contributed by atoms with Crippen LogP contribution in [-0.4, -0.2) is 59.6 Å². The first kappa shape index (κ1) is 24.7. The van der Waals surface area contributed by atoms with Gasteiger partial charge in [0, 0.05) is 55.3 Å². The molecule has 0 unspecified atom stereocenters. The molecule has 3 rings (SSSR count).